The molecular formula is C10H17NO. The van der Waals surface area contributed by atoms with Crippen molar-refractivity contribution in [2.24, 2.45) is 5.73 Å². The topological polar surface area (TPSA) is 35.2 Å². The molecule has 1 aliphatic heterocycles. The molecule has 68 valence electrons. The first-order valence-corrected chi connectivity index (χ1v) is 4.52. The Bertz CT molecular complexity index is 177. The second-order valence-electron chi connectivity index (χ2n) is 3.63. The van der Waals surface area contributed by atoms with E-state index in [-0.39, 0.29) is 11.6 Å². The van der Waals surface area contributed by atoms with Crippen LogP contribution < -0.4 is 5.73 Å². The molecule has 2 N–H and O–H groups in total. The van der Waals surface area contributed by atoms with Gasteiger partial charge in [0.2, 0.25) is 0 Å². The van der Waals surface area contributed by atoms with Gasteiger partial charge in [0.25, 0.3) is 0 Å². The van der Waals surface area contributed by atoms with Crippen LogP contribution in [0.1, 0.15) is 32.6 Å². The van der Waals surface area contributed by atoms with Crippen LogP contribution in [0.3, 0.4) is 0 Å². The number of ether oxygens (including phenoxy) is 1. The van der Waals surface area contributed by atoms with Gasteiger partial charge >= 0.3 is 0 Å². The zero-order chi connectivity index (χ0) is 9.03. The van der Waals surface area contributed by atoms with Gasteiger partial charge < -0.3 is 10.5 Å². The van der Waals surface area contributed by atoms with Crippen LogP contribution in [-0.4, -0.2) is 18.2 Å². The minimum Gasteiger partial charge on any atom is -0.374 e. The summed E-state index contributed by atoms with van der Waals surface area (Å²) < 4.78 is 5.66. The molecule has 0 aromatic heterocycles. The van der Waals surface area contributed by atoms with Crippen molar-refractivity contribution < 1.29 is 4.74 Å². The van der Waals surface area contributed by atoms with E-state index < -0.39 is 0 Å². The summed E-state index contributed by atoms with van der Waals surface area (Å²) in [5, 5.41) is 0. The Balaban J connectivity index is 2.51. The summed E-state index contributed by atoms with van der Waals surface area (Å²) >= 11 is 0. The van der Waals surface area contributed by atoms with Crippen molar-refractivity contribution in [1.29, 1.82) is 0 Å². The largest absolute Gasteiger partial charge is 0.374 e. The lowest BCUT2D eigenvalue weighted by Gasteiger charge is -2.38. The fourth-order valence-electron chi connectivity index (χ4n) is 1.59. The molecule has 0 saturated carbocycles. The summed E-state index contributed by atoms with van der Waals surface area (Å²) in [6.07, 6.45) is 9.21. The summed E-state index contributed by atoms with van der Waals surface area (Å²) in [6, 6.07) is -0.0113. The van der Waals surface area contributed by atoms with Crippen molar-refractivity contribution in [3.63, 3.8) is 0 Å². The third-order valence-electron chi connectivity index (χ3n) is 2.62. The second kappa shape index (κ2) is 3.93. The molecule has 12 heavy (non-hydrogen) atoms. The van der Waals surface area contributed by atoms with Crippen molar-refractivity contribution >= 4 is 0 Å². The second-order valence-corrected chi connectivity index (χ2v) is 3.63. The Kier molecular flexibility index (Phi) is 3.13. The van der Waals surface area contributed by atoms with Crippen LogP contribution in [0.2, 0.25) is 0 Å². The number of hydrogen-bond acceptors (Lipinski definition) is 2. The average Bonchev–Trinajstić information content (AvgIpc) is 2.06. The van der Waals surface area contributed by atoms with E-state index in [1.807, 2.05) is 0 Å². The van der Waals surface area contributed by atoms with Gasteiger partial charge in [0, 0.05) is 19.1 Å². The minimum atomic E-state index is -0.176. The van der Waals surface area contributed by atoms with Gasteiger partial charge in [-0.2, -0.15) is 0 Å². The number of rotatable bonds is 2. The molecular weight excluding hydrogens is 150 g/mol. The fraction of sp³-hybridized carbons (Fsp3) is 0.800. The molecule has 2 heteroatoms. The number of terminal acetylenes is 1. The predicted octanol–water partition coefficient (Wildman–Crippen LogP) is 1.30. The van der Waals surface area contributed by atoms with Gasteiger partial charge in [-0.3, -0.25) is 0 Å². The van der Waals surface area contributed by atoms with Crippen molar-refractivity contribution in [1.82, 2.24) is 0 Å². The lowest BCUT2D eigenvalue weighted by molar-refractivity contribution is -0.0800. The fourth-order valence-corrected chi connectivity index (χ4v) is 1.59. The summed E-state index contributed by atoms with van der Waals surface area (Å²) in [4.78, 5) is 0. The molecule has 1 rings (SSSR count). The molecule has 1 saturated heterocycles. The quantitative estimate of drug-likeness (QED) is 0.629. The SMILES string of the molecule is C#CCC(N)C1(C)CCCCO1. The third kappa shape index (κ3) is 2.00. The Labute approximate surface area is 74.5 Å². The highest BCUT2D eigenvalue weighted by Crippen LogP contribution is 2.27. The van der Waals surface area contributed by atoms with Gasteiger partial charge in [-0.1, -0.05) is 0 Å². The maximum atomic E-state index is 5.93. The number of nitrogens with two attached hydrogens (primary N) is 1. The highest BCUT2D eigenvalue weighted by Gasteiger charge is 2.33. The van der Waals surface area contributed by atoms with Crippen LogP contribution in [0, 0.1) is 12.3 Å². The van der Waals surface area contributed by atoms with Gasteiger partial charge in [0.05, 0.1) is 5.60 Å². The molecule has 0 aliphatic carbocycles. The zero-order valence-corrected chi connectivity index (χ0v) is 7.68. The van der Waals surface area contributed by atoms with E-state index in [1.165, 1.54) is 6.42 Å². The molecule has 0 bridgehead atoms. The lowest BCUT2D eigenvalue weighted by Crippen LogP contribution is -2.49. The Morgan fingerprint density at radius 1 is 1.67 bits per heavy atom. The molecule has 0 aromatic rings. The van der Waals surface area contributed by atoms with Crippen molar-refractivity contribution in [2.75, 3.05) is 6.61 Å². The third-order valence-corrected chi connectivity index (χ3v) is 2.62. The minimum absolute atomic E-state index is 0.0113. The molecule has 1 fully saturated rings. The molecule has 2 unspecified atom stereocenters. The highest BCUT2D eigenvalue weighted by molar-refractivity contribution is 4.98. The summed E-state index contributed by atoms with van der Waals surface area (Å²) in [5.41, 5.74) is 5.75. The van der Waals surface area contributed by atoms with Gasteiger partial charge in [-0.15, -0.1) is 12.3 Å². The zero-order valence-electron chi connectivity index (χ0n) is 7.68. The number of hydrogen-bond donors (Lipinski definition) is 1. The van der Waals surface area contributed by atoms with Gasteiger partial charge in [0.1, 0.15) is 0 Å². The van der Waals surface area contributed by atoms with Crippen LogP contribution >= 0.6 is 0 Å². The monoisotopic (exact) mass is 167 g/mol. The van der Waals surface area contributed by atoms with Crippen LogP contribution in [-0.2, 0) is 4.74 Å². The van der Waals surface area contributed by atoms with E-state index in [1.54, 1.807) is 0 Å². The maximum Gasteiger partial charge on any atom is 0.0813 e. The molecule has 0 spiro atoms. The van der Waals surface area contributed by atoms with Crippen molar-refractivity contribution in [2.45, 2.75) is 44.2 Å². The summed E-state index contributed by atoms with van der Waals surface area (Å²) in [6.45, 7) is 2.89. The lowest BCUT2D eigenvalue weighted by atomic mass is 9.87. The molecule has 2 nitrogen and oxygen atoms in total. The van der Waals surface area contributed by atoms with Crippen molar-refractivity contribution in [3.05, 3.63) is 0 Å². The van der Waals surface area contributed by atoms with Gasteiger partial charge in [-0.25, -0.2) is 0 Å². The molecule has 1 aliphatic rings. The molecule has 1 heterocycles. The first kappa shape index (κ1) is 9.57. The smallest absolute Gasteiger partial charge is 0.0813 e. The standard InChI is InChI=1S/C10H17NO/c1-3-6-9(11)10(2)7-4-5-8-12-10/h1,9H,4-8,11H2,2H3. The molecule has 0 amide bonds. The van der Waals surface area contributed by atoms with Crippen LogP contribution in [0.5, 0.6) is 0 Å². The molecule has 0 aromatic carbocycles. The molecule has 0 radical (unpaired) electrons. The van der Waals surface area contributed by atoms with Crippen molar-refractivity contribution in [3.8, 4) is 12.3 Å². The van der Waals surface area contributed by atoms with Crippen LogP contribution in [0.4, 0.5) is 0 Å². The average molecular weight is 167 g/mol. The summed E-state index contributed by atoms with van der Waals surface area (Å²) in [5.74, 6) is 2.58. The first-order valence-electron chi connectivity index (χ1n) is 4.52. The Hall–Kier alpha value is -0.520. The predicted molar refractivity (Wildman–Crippen MR) is 49.6 cm³/mol. The van der Waals surface area contributed by atoms with E-state index in [0.717, 1.165) is 19.4 Å². The summed E-state index contributed by atoms with van der Waals surface area (Å²) in [7, 11) is 0. The van der Waals surface area contributed by atoms with E-state index in [2.05, 4.69) is 12.8 Å². The Morgan fingerprint density at radius 2 is 2.42 bits per heavy atom. The molecule has 2 atom stereocenters. The van der Waals surface area contributed by atoms with E-state index >= 15 is 0 Å². The van der Waals surface area contributed by atoms with E-state index in [9.17, 15) is 0 Å². The maximum absolute atomic E-state index is 5.93. The first-order chi connectivity index (χ1) is 5.69. The van der Waals surface area contributed by atoms with Gasteiger partial charge in [0.15, 0.2) is 0 Å². The normalized spacial score (nSPS) is 32.4. The van der Waals surface area contributed by atoms with Crippen LogP contribution in [0.15, 0.2) is 0 Å². The highest BCUT2D eigenvalue weighted by atomic mass is 16.5. The van der Waals surface area contributed by atoms with E-state index in [4.69, 9.17) is 16.9 Å². The van der Waals surface area contributed by atoms with Gasteiger partial charge in [-0.05, 0) is 26.2 Å². The van der Waals surface area contributed by atoms with Crippen LogP contribution in [0.25, 0.3) is 0 Å². The van der Waals surface area contributed by atoms with E-state index in [0.29, 0.717) is 6.42 Å². The Morgan fingerprint density at radius 3 is 2.92 bits per heavy atom.